The summed E-state index contributed by atoms with van der Waals surface area (Å²) in [5.74, 6) is 6.67. The summed E-state index contributed by atoms with van der Waals surface area (Å²) in [6.07, 6.45) is 4.01. The summed E-state index contributed by atoms with van der Waals surface area (Å²) < 4.78 is 0.833. The lowest BCUT2D eigenvalue weighted by atomic mass is 9.93. The Bertz CT molecular complexity index is 460. The molecule has 1 amide bonds. The SMILES string of the molecule is NNc1ncc(Br)c(N2CCC(CC(N)=O)CC2)n1. The number of nitrogens with zero attached hydrogens (tertiary/aromatic N) is 3. The summed E-state index contributed by atoms with van der Waals surface area (Å²) in [6.45, 7) is 1.69. The number of rotatable bonds is 4. The molecule has 0 spiro atoms. The van der Waals surface area contributed by atoms with Crippen LogP contribution in [-0.2, 0) is 4.79 Å². The molecule has 1 aromatic rings. The fraction of sp³-hybridized carbons (Fsp3) is 0.545. The Hall–Kier alpha value is -1.41. The minimum absolute atomic E-state index is 0.226. The summed E-state index contributed by atoms with van der Waals surface area (Å²) in [5.41, 5.74) is 7.67. The van der Waals surface area contributed by atoms with E-state index in [9.17, 15) is 4.79 Å². The first-order valence-electron chi connectivity index (χ1n) is 6.12. The molecular weight excluding hydrogens is 312 g/mol. The van der Waals surface area contributed by atoms with Gasteiger partial charge < -0.3 is 10.6 Å². The summed E-state index contributed by atoms with van der Waals surface area (Å²) >= 11 is 3.44. The molecule has 1 saturated heterocycles. The maximum absolute atomic E-state index is 10.9. The topological polar surface area (TPSA) is 110 Å². The zero-order valence-corrected chi connectivity index (χ0v) is 12.1. The number of aromatic nitrogens is 2. The number of nitrogens with two attached hydrogens (primary N) is 2. The molecule has 0 atom stereocenters. The Labute approximate surface area is 119 Å². The molecule has 2 rings (SSSR count). The largest absolute Gasteiger partial charge is 0.370 e. The van der Waals surface area contributed by atoms with Crippen LogP contribution in [0.3, 0.4) is 0 Å². The zero-order valence-electron chi connectivity index (χ0n) is 10.5. The molecule has 1 aliphatic rings. The van der Waals surface area contributed by atoms with Crippen LogP contribution >= 0.6 is 15.9 Å². The van der Waals surface area contributed by atoms with E-state index < -0.39 is 0 Å². The van der Waals surface area contributed by atoms with Crippen molar-refractivity contribution in [2.24, 2.45) is 17.5 Å². The third-order valence-electron chi connectivity index (χ3n) is 3.26. The first-order valence-corrected chi connectivity index (χ1v) is 6.92. The van der Waals surface area contributed by atoms with Crippen LogP contribution < -0.4 is 21.9 Å². The number of halogens is 1. The Morgan fingerprint density at radius 2 is 2.21 bits per heavy atom. The summed E-state index contributed by atoms with van der Waals surface area (Å²) in [4.78, 5) is 21.4. The van der Waals surface area contributed by atoms with Gasteiger partial charge in [-0.1, -0.05) is 0 Å². The van der Waals surface area contributed by atoms with Crippen molar-refractivity contribution in [2.45, 2.75) is 19.3 Å². The second-order valence-electron chi connectivity index (χ2n) is 4.61. The summed E-state index contributed by atoms with van der Waals surface area (Å²) in [6, 6.07) is 0. The monoisotopic (exact) mass is 328 g/mol. The van der Waals surface area contributed by atoms with Gasteiger partial charge in [-0.3, -0.25) is 10.2 Å². The van der Waals surface area contributed by atoms with E-state index in [2.05, 4.69) is 36.2 Å². The van der Waals surface area contributed by atoms with Gasteiger partial charge in [-0.2, -0.15) is 4.98 Å². The molecule has 0 unspecified atom stereocenters. The predicted octanol–water partition coefficient (Wildman–Crippen LogP) is 0.616. The highest BCUT2D eigenvalue weighted by Crippen LogP contribution is 2.29. The van der Waals surface area contributed by atoms with Crippen LogP contribution in [-0.4, -0.2) is 29.0 Å². The maximum Gasteiger partial charge on any atom is 0.239 e. The average Bonchev–Trinajstić information content (AvgIpc) is 2.40. The quantitative estimate of drug-likeness (QED) is 0.552. The van der Waals surface area contributed by atoms with Crippen molar-refractivity contribution in [2.75, 3.05) is 23.4 Å². The molecule has 0 aromatic carbocycles. The van der Waals surface area contributed by atoms with E-state index in [4.69, 9.17) is 11.6 Å². The first-order chi connectivity index (χ1) is 9.10. The van der Waals surface area contributed by atoms with Gasteiger partial charge in [0.15, 0.2) is 0 Å². The fourth-order valence-electron chi connectivity index (χ4n) is 2.28. The minimum atomic E-state index is -0.226. The molecule has 1 aliphatic heterocycles. The highest BCUT2D eigenvalue weighted by molar-refractivity contribution is 9.10. The smallest absolute Gasteiger partial charge is 0.239 e. The van der Waals surface area contributed by atoms with Crippen molar-refractivity contribution in [1.29, 1.82) is 0 Å². The van der Waals surface area contributed by atoms with Crippen LogP contribution in [0.4, 0.5) is 11.8 Å². The number of carbonyl (C=O) groups excluding carboxylic acids is 1. The lowest BCUT2D eigenvalue weighted by molar-refractivity contribution is -0.119. The van der Waals surface area contributed by atoms with E-state index in [-0.39, 0.29) is 5.91 Å². The molecule has 19 heavy (non-hydrogen) atoms. The number of hydrazine groups is 1. The van der Waals surface area contributed by atoms with Crippen LogP contribution in [0.2, 0.25) is 0 Å². The van der Waals surface area contributed by atoms with Crippen molar-refractivity contribution in [3.05, 3.63) is 10.7 Å². The van der Waals surface area contributed by atoms with Crippen molar-refractivity contribution in [3.8, 4) is 0 Å². The molecule has 104 valence electrons. The molecule has 2 heterocycles. The van der Waals surface area contributed by atoms with Gasteiger partial charge in [0.25, 0.3) is 0 Å². The predicted molar refractivity (Wildman–Crippen MR) is 76.3 cm³/mol. The number of hydrogen-bond acceptors (Lipinski definition) is 6. The van der Waals surface area contributed by atoms with Gasteiger partial charge >= 0.3 is 0 Å². The van der Waals surface area contributed by atoms with Gasteiger partial charge in [-0.25, -0.2) is 10.8 Å². The van der Waals surface area contributed by atoms with Crippen molar-refractivity contribution in [1.82, 2.24) is 9.97 Å². The Morgan fingerprint density at radius 1 is 1.53 bits per heavy atom. The zero-order chi connectivity index (χ0) is 13.8. The van der Waals surface area contributed by atoms with E-state index >= 15 is 0 Å². The van der Waals surface area contributed by atoms with Crippen LogP contribution in [0.25, 0.3) is 0 Å². The Morgan fingerprint density at radius 3 is 2.79 bits per heavy atom. The fourth-order valence-corrected chi connectivity index (χ4v) is 2.72. The number of nitrogens with one attached hydrogen (secondary N) is 1. The van der Waals surface area contributed by atoms with Gasteiger partial charge in [-0.05, 0) is 34.7 Å². The number of anilines is 2. The van der Waals surface area contributed by atoms with Gasteiger partial charge in [0.05, 0.1) is 4.47 Å². The lowest BCUT2D eigenvalue weighted by Crippen LogP contribution is -2.36. The number of primary amides is 1. The molecule has 1 aromatic heterocycles. The molecule has 0 aliphatic carbocycles. The van der Waals surface area contributed by atoms with E-state index in [0.717, 1.165) is 36.2 Å². The number of nitrogen functional groups attached to an aromatic ring is 1. The standard InChI is InChI=1S/C11H17BrN6O/c12-8-6-15-11(17-14)16-10(8)18-3-1-7(2-4-18)5-9(13)19/h6-7H,1-5,14H2,(H2,13,19)(H,15,16,17). The molecule has 0 bridgehead atoms. The van der Waals surface area contributed by atoms with E-state index in [0.29, 0.717) is 18.3 Å². The van der Waals surface area contributed by atoms with Crippen molar-refractivity contribution < 1.29 is 4.79 Å². The van der Waals surface area contributed by atoms with Crippen molar-refractivity contribution >= 4 is 33.6 Å². The first kappa shape index (κ1) is 14.0. The van der Waals surface area contributed by atoms with Crippen molar-refractivity contribution in [3.63, 3.8) is 0 Å². The van der Waals surface area contributed by atoms with E-state index in [1.165, 1.54) is 0 Å². The maximum atomic E-state index is 10.9. The second-order valence-corrected chi connectivity index (χ2v) is 5.46. The highest BCUT2D eigenvalue weighted by atomic mass is 79.9. The average molecular weight is 329 g/mol. The molecule has 0 saturated carbocycles. The molecule has 5 N–H and O–H groups in total. The van der Waals surface area contributed by atoms with Gasteiger partial charge in [0, 0.05) is 25.7 Å². The van der Waals surface area contributed by atoms with Crippen LogP contribution in [0.5, 0.6) is 0 Å². The van der Waals surface area contributed by atoms with Crippen LogP contribution in [0.15, 0.2) is 10.7 Å². The Kier molecular flexibility index (Phi) is 4.54. The summed E-state index contributed by atoms with van der Waals surface area (Å²) in [7, 11) is 0. The van der Waals surface area contributed by atoms with Crippen LogP contribution in [0, 0.1) is 5.92 Å². The summed E-state index contributed by atoms with van der Waals surface area (Å²) in [5, 5.41) is 0. The van der Waals surface area contributed by atoms with E-state index in [1.807, 2.05) is 0 Å². The minimum Gasteiger partial charge on any atom is -0.370 e. The normalized spacial score (nSPS) is 16.4. The van der Waals surface area contributed by atoms with Crippen LogP contribution in [0.1, 0.15) is 19.3 Å². The highest BCUT2D eigenvalue weighted by Gasteiger charge is 2.23. The number of piperidine rings is 1. The molecule has 1 fully saturated rings. The number of hydrogen-bond donors (Lipinski definition) is 3. The Balaban J connectivity index is 2.03. The number of amides is 1. The number of carbonyl (C=O) groups is 1. The third kappa shape index (κ3) is 3.54. The van der Waals surface area contributed by atoms with Gasteiger partial charge in [0.2, 0.25) is 11.9 Å². The molecule has 7 nitrogen and oxygen atoms in total. The molecule has 8 heteroatoms. The van der Waals surface area contributed by atoms with E-state index in [1.54, 1.807) is 6.20 Å². The van der Waals surface area contributed by atoms with Gasteiger partial charge in [-0.15, -0.1) is 0 Å². The lowest BCUT2D eigenvalue weighted by Gasteiger charge is -2.32. The van der Waals surface area contributed by atoms with Gasteiger partial charge in [0.1, 0.15) is 5.82 Å². The molecule has 0 radical (unpaired) electrons. The third-order valence-corrected chi connectivity index (χ3v) is 3.82. The molecular formula is C11H17BrN6O. The second kappa shape index (κ2) is 6.16.